The summed E-state index contributed by atoms with van der Waals surface area (Å²) < 4.78 is 0. The lowest BCUT2D eigenvalue weighted by Gasteiger charge is -2.61. The van der Waals surface area contributed by atoms with E-state index in [0.717, 1.165) is 6.04 Å². The molecule has 2 rings (SSSR count). The standard InChI is InChI=1S/C16H31N/c1-6-15(4)10-8-11-16(5,14(15,2)3)13-9-7-12-17-13/h13,17H,6-12H2,1-5H3. The van der Waals surface area contributed by atoms with Crippen LogP contribution in [0.15, 0.2) is 0 Å². The minimum Gasteiger partial charge on any atom is -0.313 e. The van der Waals surface area contributed by atoms with E-state index in [1.165, 1.54) is 45.1 Å². The Hall–Kier alpha value is -0.0400. The summed E-state index contributed by atoms with van der Waals surface area (Å²) in [6, 6.07) is 0.753. The van der Waals surface area contributed by atoms with Gasteiger partial charge in [0.1, 0.15) is 0 Å². The largest absolute Gasteiger partial charge is 0.313 e. The molecule has 0 aromatic heterocycles. The van der Waals surface area contributed by atoms with E-state index < -0.39 is 0 Å². The third-order valence-electron chi connectivity index (χ3n) is 6.97. The monoisotopic (exact) mass is 237 g/mol. The summed E-state index contributed by atoms with van der Waals surface area (Å²) in [6.45, 7) is 13.8. The fourth-order valence-corrected chi connectivity index (χ4v) is 4.62. The van der Waals surface area contributed by atoms with Crippen LogP contribution in [0.25, 0.3) is 0 Å². The highest BCUT2D eigenvalue weighted by Gasteiger charge is 2.57. The molecule has 0 spiro atoms. The van der Waals surface area contributed by atoms with Crippen LogP contribution in [0.2, 0.25) is 0 Å². The Balaban J connectivity index is 2.32. The molecule has 1 saturated carbocycles. The molecular formula is C16H31N. The maximum atomic E-state index is 3.78. The van der Waals surface area contributed by atoms with Crippen LogP contribution >= 0.6 is 0 Å². The van der Waals surface area contributed by atoms with Crippen molar-refractivity contribution in [2.45, 2.75) is 79.2 Å². The molecule has 2 aliphatic rings. The Kier molecular flexibility index (Phi) is 3.36. The third kappa shape index (κ3) is 1.77. The topological polar surface area (TPSA) is 12.0 Å². The minimum atomic E-state index is 0.439. The molecule has 1 aliphatic heterocycles. The molecular weight excluding hydrogens is 206 g/mol. The van der Waals surface area contributed by atoms with Crippen molar-refractivity contribution in [2.75, 3.05) is 6.54 Å². The predicted octanol–water partition coefficient (Wildman–Crippen LogP) is 4.37. The van der Waals surface area contributed by atoms with Crippen LogP contribution in [0, 0.1) is 16.2 Å². The highest BCUT2D eigenvalue weighted by molar-refractivity contribution is 5.08. The molecule has 100 valence electrons. The summed E-state index contributed by atoms with van der Waals surface area (Å²) >= 11 is 0. The average molecular weight is 237 g/mol. The Morgan fingerprint density at radius 1 is 1.06 bits per heavy atom. The summed E-state index contributed by atoms with van der Waals surface area (Å²) in [7, 11) is 0. The van der Waals surface area contributed by atoms with E-state index >= 15 is 0 Å². The van der Waals surface area contributed by atoms with Gasteiger partial charge in [0.15, 0.2) is 0 Å². The molecule has 3 unspecified atom stereocenters. The second-order valence-corrected chi connectivity index (χ2v) is 7.46. The normalized spacial score (nSPS) is 46.1. The van der Waals surface area contributed by atoms with Crippen LogP contribution in [-0.4, -0.2) is 12.6 Å². The van der Waals surface area contributed by atoms with Crippen molar-refractivity contribution >= 4 is 0 Å². The maximum Gasteiger partial charge on any atom is 0.0127 e. The van der Waals surface area contributed by atoms with Crippen LogP contribution in [0.4, 0.5) is 0 Å². The van der Waals surface area contributed by atoms with Gasteiger partial charge in [0.2, 0.25) is 0 Å². The Morgan fingerprint density at radius 2 is 1.76 bits per heavy atom. The zero-order valence-corrected chi connectivity index (χ0v) is 12.5. The molecule has 1 saturated heterocycles. The van der Waals surface area contributed by atoms with Crippen LogP contribution in [0.5, 0.6) is 0 Å². The summed E-state index contributed by atoms with van der Waals surface area (Å²) in [6.07, 6.45) is 8.33. The highest BCUT2D eigenvalue weighted by Crippen LogP contribution is 2.63. The smallest absolute Gasteiger partial charge is 0.0127 e. The van der Waals surface area contributed by atoms with Crippen LogP contribution in [0.3, 0.4) is 0 Å². The molecule has 3 atom stereocenters. The summed E-state index contributed by atoms with van der Waals surface area (Å²) in [4.78, 5) is 0. The van der Waals surface area contributed by atoms with Crippen molar-refractivity contribution in [2.24, 2.45) is 16.2 Å². The molecule has 1 N–H and O–H groups in total. The van der Waals surface area contributed by atoms with Crippen LogP contribution in [-0.2, 0) is 0 Å². The van der Waals surface area contributed by atoms with Crippen molar-refractivity contribution in [1.82, 2.24) is 5.32 Å². The van der Waals surface area contributed by atoms with Gasteiger partial charge in [0.05, 0.1) is 0 Å². The molecule has 1 heteroatoms. The molecule has 0 aromatic carbocycles. The first-order chi connectivity index (χ1) is 7.87. The predicted molar refractivity (Wildman–Crippen MR) is 75.2 cm³/mol. The lowest BCUT2D eigenvalue weighted by Crippen LogP contribution is -2.57. The van der Waals surface area contributed by atoms with Gasteiger partial charge >= 0.3 is 0 Å². The van der Waals surface area contributed by atoms with Crippen molar-refractivity contribution in [3.05, 3.63) is 0 Å². The van der Waals surface area contributed by atoms with Gasteiger partial charge in [0.25, 0.3) is 0 Å². The summed E-state index contributed by atoms with van der Waals surface area (Å²) in [5, 5.41) is 3.78. The molecule has 0 aromatic rings. The third-order valence-corrected chi connectivity index (χ3v) is 6.97. The Labute approximate surface area is 108 Å². The molecule has 1 nitrogen and oxygen atoms in total. The average Bonchev–Trinajstić information content (AvgIpc) is 2.80. The first kappa shape index (κ1) is 13.4. The molecule has 2 fully saturated rings. The van der Waals surface area contributed by atoms with Gasteiger partial charge in [-0.05, 0) is 48.5 Å². The van der Waals surface area contributed by atoms with Crippen LogP contribution < -0.4 is 5.32 Å². The van der Waals surface area contributed by atoms with Gasteiger partial charge in [0, 0.05) is 6.04 Å². The molecule has 0 radical (unpaired) electrons. The Bertz CT molecular complexity index is 277. The molecule has 1 heterocycles. The fourth-order valence-electron chi connectivity index (χ4n) is 4.62. The number of rotatable bonds is 2. The van der Waals surface area contributed by atoms with E-state index in [1.54, 1.807) is 0 Å². The highest BCUT2D eigenvalue weighted by atomic mass is 15.0. The van der Waals surface area contributed by atoms with E-state index in [9.17, 15) is 0 Å². The van der Waals surface area contributed by atoms with E-state index in [4.69, 9.17) is 0 Å². The van der Waals surface area contributed by atoms with E-state index in [0.29, 0.717) is 16.2 Å². The van der Waals surface area contributed by atoms with Crippen molar-refractivity contribution < 1.29 is 0 Å². The first-order valence-corrected chi connectivity index (χ1v) is 7.61. The van der Waals surface area contributed by atoms with E-state index in [-0.39, 0.29) is 0 Å². The van der Waals surface area contributed by atoms with Crippen LogP contribution in [0.1, 0.15) is 73.1 Å². The van der Waals surface area contributed by atoms with E-state index in [1.807, 2.05) is 0 Å². The summed E-state index contributed by atoms with van der Waals surface area (Å²) in [5.41, 5.74) is 1.44. The van der Waals surface area contributed by atoms with Crippen molar-refractivity contribution in [3.63, 3.8) is 0 Å². The second-order valence-electron chi connectivity index (χ2n) is 7.46. The number of nitrogens with one attached hydrogen (secondary N) is 1. The fraction of sp³-hybridized carbons (Fsp3) is 1.00. The van der Waals surface area contributed by atoms with Gasteiger partial charge in [-0.25, -0.2) is 0 Å². The first-order valence-electron chi connectivity index (χ1n) is 7.61. The Morgan fingerprint density at radius 3 is 2.29 bits per heavy atom. The minimum absolute atomic E-state index is 0.439. The van der Waals surface area contributed by atoms with Crippen molar-refractivity contribution in [1.29, 1.82) is 0 Å². The van der Waals surface area contributed by atoms with Gasteiger partial charge in [-0.2, -0.15) is 0 Å². The number of hydrogen-bond donors (Lipinski definition) is 1. The lowest BCUT2D eigenvalue weighted by atomic mass is 9.45. The summed E-state index contributed by atoms with van der Waals surface area (Å²) in [5.74, 6) is 0. The zero-order valence-electron chi connectivity index (χ0n) is 12.5. The van der Waals surface area contributed by atoms with Crippen molar-refractivity contribution in [3.8, 4) is 0 Å². The second kappa shape index (κ2) is 4.26. The van der Waals surface area contributed by atoms with Gasteiger partial charge < -0.3 is 5.32 Å². The van der Waals surface area contributed by atoms with Gasteiger partial charge in [-0.15, -0.1) is 0 Å². The quantitative estimate of drug-likeness (QED) is 0.752. The van der Waals surface area contributed by atoms with E-state index in [2.05, 4.69) is 39.9 Å². The molecule has 0 amide bonds. The SMILES string of the molecule is CCC1(C)CCCC(C)(C2CCCN2)C1(C)C. The molecule has 17 heavy (non-hydrogen) atoms. The zero-order chi connectivity index (χ0) is 12.7. The maximum absolute atomic E-state index is 3.78. The number of hydrogen-bond acceptors (Lipinski definition) is 1. The van der Waals surface area contributed by atoms with Gasteiger partial charge in [-0.3, -0.25) is 0 Å². The van der Waals surface area contributed by atoms with Gasteiger partial charge in [-0.1, -0.05) is 47.5 Å². The molecule has 1 aliphatic carbocycles. The lowest BCUT2D eigenvalue weighted by molar-refractivity contribution is -0.105. The molecule has 0 bridgehead atoms.